The molecule has 0 saturated carbocycles. The van der Waals surface area contributed by atoms with E-state index in [0.29, 0.717) is 17.7 Å². The van der Waals surface area contributed by atoms with Crippen LogP contribution in [0.2, 0.25) is 0 Å². The molecule has 39 heavy (non-hydrogen) atoms. The molecule has 0 aliphatic carbocycles. The van der Waals surface area contributed by atoms with Crippen molar-refractivity contribution in [3.05, 3.63) is 71.8 Å². The maximum Gasteiger partial charge on any atom is 0.408 e. The van der Waals surface area contributed by atoms with Gasteiger partial charge in [0.25, 0.3) is 5.91 Å². The molecule has 3 atom stereocenters. The Morgan fingerprint density at radius 3 is 2.33 bits per heavy atom. The van der Waals surface area contributed by atoms with Crippen LogP contribution >= 0.6 is 0 Å². The summed E-state index contributed by atoms with van der Waals surface area (Å²) in [4.78, 5) is 54.0. The number of aryl methyl sites for hydroxylation is 1. The van der Waals surface area contributed by atoms with Crippen LogP contribution in [0.3, 0.4) is 0 Å². The fourth-order valence-corrected chi connectivity index (χ4v) is 4.04. The minimum Gasteiger partial charge on any atom is -0.444 e. The number of nitrogens with zero attached hydrogens (tertiary/aromatic N) is 1. The van der Waals surface area contributed by atoms with Gasteiger partial charge < -0.3 is 26.0 Å². The van der Waals surface area contributed by atoms with Gasteiger partial charge >= 0.3 is 6.09 Å². The fourth-order valence-electron chi connectivity index (χ4n) is 4.04. The van der Waals surface area contributed by atoms with E-state index in [1.165, 1.54) is 4.90 Å². The van der Waals surface area contributed by atoms with Gasteiger partial charge in [-0.15, -0.1) is 0 Å². The second-order valence-corrected chi connectivity index (χ2v) is 10.5. The number of rotatable bonds is 11. The van der Waals surface area contributed by atoms with Crippen LogP contribution in [0, 0.1) is 6.92 Å². The van der Waals surface area contributed by atoms with E-state index in [-0.39, 0.29) is 0 Å². The summed E-state index contributed by atoms with van der Waals surface area (Å²) in [6.07, 6.45) is 0.802. The molecule has 0 fully saturated rings. The van der Waals surface area contributed by atoms with Crippen molar-refractivity contribution in [2.45, 2.75) is 78.1 Å². The first-order valence-corrected chi connectivity index (χ1v) is 13.0. The molecule has 9 heteroatoms. The van der Waals surface area contributed by atoms with Crippen molar-refractivity contribution >= 4 is 35.6 Å². The van der Waals surface area contributed by atoms with Crippen molar-refractivity contribution in [1.29, 1.82) is 0 Å². The van der Waals surface area contributed by atoms with Gasteiger partial charge in [0.15, 0.2) is 0 Å². The Labute approximate surface area is 230 Å². The Morgan fingerprint density at radius 2 is 1.77 bits per heavy atom. The summed E-state index contributed by atoms with van der Waals surface area (Å²) in [6.45, 7) is 14.4. The summed E-state index contributed by atoms with van der Waals surface area (Å²) in [5.41, 5.74) is 7.38. The molecule has 210 valence electrons. The number of carbonyl (C=O) groups excluding carboxylic acids is 4. The maximum atomic E-state index is 14.1. The summed E-state index contributed by atoms with van der Waals surface area (Å²) in [7, 11) is 0. The molecular weight excluding hydrogens is 496 g/mol. The number of para-hydroxylation sites is 1. The smallest absolute Gasteiger partial charge is 0.408 e. The van der Waals surface area contributed by atoms with Crippen molar-refractivity contribution in [2.24, 2.45) is 5.73 Å². The number of hydrogen-bond acceptors (Lipinski definition) is 5. The van der Waals surface area contributed by atoms with E-state index in [2.05, 4.69) is 17.2 Å². The van der Waals surface area contributed by atoms with Gasteiger partial charge in [0.1, 0.15) is 17.7 Å². The molecule has 2 aromatic carbocycles. The van der Waals surface area contributed by atoms with E-state index in [1.807, 2.05) is 32.0 Å². The highest BCUT2D eigenvalue weighted by molar-refractivity contribution is 6.00. The SMILES string of the molecule is C=Cc1cccc(C(C(=O)Nc2ccccc2C)N(C(=O)C(CC(N)=O)NC(=O)OC(C)(C)C)C(C)CC)c1. The summed E-state index contributed by atoms with van der Waals surface area (Å²) >= 11 is 0. The van der Waals surface area contributed by atoms with Crippen molar-refractivity contribution in [1.82, 2.24) is 10.2 Å². The van der Waals surface area contributed by atoms with Gasteiger partial charge in [0.05, 0.1) is 6.42 Å². The Balaban J connectivity index is 2.62. The van der Waals surface area contributed by atoms with Crippen LogP contribution in [0.5, 0.6) is 0 Å². The average Bonchev–Trinajstić information content (AvgIpc) is 2.85. The summed E-state index contributed by atoms with van der Waals surface area (Å²) in [5, 5.41) is 5.44. The van der Waals surface area contributed by atoms with Crippen LogP contribution in [0.1, 0.15) is 70.2 Å². The van der Waals surface area contributed by atoms with Gasteiger partial charge in [-0.25, -0.2) is 4.79 Å². The third-order valence-electron chi connectivity index (χ3n) is 6.11. The summed E-state index contributed by atoms with van der Waals surface area (Å²) in [6, 6.07) is 11.6. The zero-order valence-corrected chi connectivity index (χ0v) is 23.6. The number of primary amides is 1. The molecular formula is C30H40N4O5. The van der Waals surface area contributed by atoms with Gasteiger partial charge in [0.2, 0.25) is 11.8 Å². The number of alkyl carbamates (subject to hydrolysis) is 1. The van der Waals surface area contributed by atoms with Crippen LogP contribution < -0.4 is 16.4 Å². The largest absolute Gasteiger partial charge is 0.444 e. The van der Waals surface area contributed by atoms with Gasteiger partial charge in [-0.2, -0.15) is 0 Å². The van der Waals surface area contributed by atoms with Crippen LogP contribution in [0.25, 0.3) is 6.08 Å². The zero-order valence-electron chi connectivity index (χ0n) is 23.6. The van der Waals surface area contributed by atoms with Gasteiger partial charge in [0, 0.05) is 11.7 Å². The van der Waals surface area contributed by atoms with E-state index >= 15 is 0 Å². The third-order valence-corrected chi connectivity index (χ3v) is 6.11. The van der Waals surface area contributed by atoms with E-state index in [1.54, 1.807) is 64.1 Å². The topological polar surface area (TPSA) is 131 Å². The van der Waals surface area contributed by atoms with Gasteiger partial charge in [-0.05, 0) is 69.9 Å². The number of nitrogens with one attached hydrogen (secondary N) is 2. The van der Waals surface area contributed by atoms with Crippen LogP contribution in [0.15, 0.2) is 55.1 Å². The van der Waals surface area contributed by atoms with Crippen molar-refractivity contribution < 1.29 is 23.9 Å². The fraction of sp³-hybridized carbons (Fsp3) is 0.400. The minimum atomic E-state index is -1.34. The number of ether oxygens (including phenoxy) is 1. The highest BCUT2D eigenvalue weighted by Crippen LogP contribution is 2.29. The molecule has 3 unspecified atom stereocenters. The van der Waals surface area contributed by atoms with E-state index in [9.17, 15) is 19.2 Å². The molecule has 0 saturated heterocycles. The first-order chi connectivity index (χ1) is 18.3. The Bertz CT molecular complexity index is 1200. The second-order valence-electron chi connectivity index (χ2n) is 10.5. The lowest BCUT2D eigenvalue weighted by molar-refractivity contribution is -0.144. The second kappa shape index (κ2) is 13.6. The molecule has 0 spiro atoms. The third kappa shape index (κ3) is 8.98. The lowest BCUT2D eigenvalue weighted by Crippen LogP contribution is -2.55. The first-order valence-electron chi connectivity index (χ1n) is 13.0. The highest BCUT2D eigenvalue weighted by atomic mass is 16.6. The van der Waals surface area contributed by atoms with Crippen molar-refractivity contribution in [3.8, 4) is 0 Å². The monoisotopic (exact) mass is 536 g/mol. The molecule has 0 bridgehead atoms. The normalized spacial score (nSPS) is 13.4. The van der Waals surface area contributed by atoms with Crippen molar-refractivity contribution in [3.63, 3.8) is 0 Å². The predicted octanol–water partition coefficient (Wildman–Crippen LogP) is 4.71. The molecule has 0 radical (unpaired) electrons. The van der Waals surface area contributed by atoms with E-state index in [4.69, 9.17) is 10.5 Å². The highest BCUT2D eigenvalue weighted by Gasteiger charge is 2.39. The standard InChI is InChI=1S/C30H40N4O5/c1-8-20(4)34(28(37)24(18-25(31)35)33-29(38)39-30(5,6)7)26(22-15-12-14-21(9-2)17-22)27(36)32-23-16-11-10-13-19(23)3/h9-17,20,24,26H,2,8,18H2,1,3-7H3,(H2,31,35)(H,32,36)(H,33,38). The molecule has 0 aromatic heterocycles. The predicted molar refractivity (Wildman–Crippen MR) is 153 cm³/mol. The molecule has 9 nitrogen and oxygen atoms in total. The number of benzene rings is 2. The summed E-state index contributed by atoms with van der Waals surface area (Å²) in [5.74, 6) is -1.87. The molecule has 2 aromatic rings. The molecule has 4 N–H and O–H groups in total. The number of nitrogens with two attached hydrogens (primary N) is 1. The number of anilines is 1. The summed E-state index contributed by atoms with van der Waals surface area (Å²) < 4.78 is 5.32. The van der Waals surface area contributed by atoms with Crippen molar-refractivity contribution in [2.75, 3.05) is 5.32 Å². The van der Waals surface area contributed by atoms with Crippen LogP contribution in [-0.2, 0) is 19.1 Å². The average molecular weight is 537 g/mol. The lowest BCUT2D eigenvalue weighted by atomic mass is 9.97. The molecule has 2 rings (SSSR count). The minimum absolute atomic E-state index is 0.450. The maximum absolute atomic E-state index is 14.1. The molecule has 0 aliphatic rings. The van der Waals surface area contributed by atoms with Gasteiger partial charge in [-0.1, -0.05) is 56.0 Å². The Hall–Kier alpha value is -4.14. The van der Waals surface area contributed by atoms with E-state index in [0.717, 1.165) is 11.1 Å². The quantitative estimate of drug-likeness (QED) is 0.383. The Morgan fingerprint density at radius 1 is 1.10 bits per heavy atom. The number of amides is 4. The molecule has 0 heterocycles. The first kappa shape index (κ1) is 31.1. The lowest BCUT2D eigenvalue weighted by Gasteiger charge is -2.38. The van der Waals surface area contributed by atoms with E-state index < -0.39 is 54.0 Å². The van der Waals surface area contributed by atoms with Crippen LogP contribution in [-0.4, -0.2) is 46.4 Å². The Kier molecular flexibility index (Phi) is 10.8. The molecule has 0 aliphatic heterocycles. The van der Waals surface area contributed by atoms with Crippen LogP contribution in [0.4, 0.5) is 10.5 Å². The number of carbonyl (C=O) groups is 4. The zero-order chi connectivity index (χ0) is 29.3. The van der Waals surface area contributed by atoms with Gasteiger partial charge in [-0.3, -0.25) is 14.4 Å². The molecule has 4 amide bonds. The number of hydrogen-bond donors (Lipinski definition) is 3.